The van der Waals surface area contributed by atoms with Gasteiger partial charge in [0.25, 0.3) is 0 Å². The van der Waals surface area contributed by atoms with Crippen LogP contribution in [-0.2, 0) is 4.74 Å². The Kier molecular flexibility index (Phi) is 4.44. The monoisotopic (exact) mass is 279 g/mol. The molecule has 20 heavy (non-hydrogen) atoms. The van der Waals surface area contributed by atoms with Gasteiger partial charge >= 0.3 is 6.03 Å². The molecule has 0 spiro atoms. The van der Waals surface area contributed by atoms with Crippen molar-refractivity contribution >= 4 is 11.7 Å². The van der Waals surface area contributed by atoms with E-state index in [-0.39, 0.29) is 11.6 Å². The van der Waals surface area contributed by atoms with Gasteiger partial charge in [-0.15, -0.1) is 0 Å². The zero-order valence-electron chi connectivity index (χ0n) is 12.2. The van der Waals surface area contributed by atoms with Crippen molar-refractivity contribution < 1.29 is 14.3 Å². The zero-order chi connectivity index (χ0) is 14.6. The molecule has 0 atom stereocenters. The van der Waals surface area contributed by atoms with Crippen molar-refractivity contribution in [1.82, 2.24) is 10.3 Å². The van der Waals surface area contributed by atoms with Crippen molar-refractivity contribution in [1.29, 1.82) is 0 Å². The molecule has 6 heteroatoms. The summed E-state index contributed by atoms with van der Waals surface area (Å²) in [6.07, 6.45) is 3.31. The molecule has 2 amide bonds. The summed E-state index contributed by atoms with van der Waals surface area (Å²) in [5, 5.41) is 5.80. The Morgan fingerprint density at radius 2 is 2.15 bits per heavy atom. The highest BCUT2D eigenvalue weighted by molar-refractivity contribution is 5.91. The van der Waals surface area contributed by atoms with Gasteiger partial charge in [-0.25, -0.2) is 9.78 Å². The summed E-state index contributed by atoms with van der Waals surface area (Å²) >= 11 is 0. The average molecular weight is 279 g/mol. The van der Waals surface area contributed by atoms with E-state index in [2.05, 4.69) is 15.6 Å². The molecular weight excluding hydrogens is 258 g/mol. The molecule has 0 radical (unpaired) electrons. The second kappa shape index (κ2) is 6.09. The summed E-state index contributed by atoms with van der Waals surface area (Å²) < 4.78 is 10.5. The quantitative estimate of drug-likeness (QED) is 0.888. The Bertz CT molecular complexity index is 485. The standard InChI is InChI=1S/C14H21N3O3/c1-10-8-11(12(19-3)15-9-10)16-13(18)17-14(2)4-6-20-7-5-14/h8-9H,4-7H2,1-3H3,(H2,16,17,18). The number of amides is 2. The largest absolute Gasteiger partial charge is 0.480 e. The molecule has 1 aliphatic rings. The van der Waals surface area contributed by atoms with E-state index in [1.165, 1.54) is 7.11 Å². The number of pyridine rings is 1. The lowest BCUT2D eigenvalue weighted by atomic mass is 9.93. The Morgan fingerprint density at radius 1 is 1.45 bits per heavy atom. The van der Waals surface area contributed by atoms with Crippen molar-refractivity contribution in [3.63, 3.8) is 0 Å². The van der Waals surface area contributed by atoms with Crippen LogP contribution in [0, 0.1) is 6.92 Å². The van der Waals surface area contributed by atoms with Crippen molar-refractivity contribution in [2.45, 2.75) is 32.2 Å². The Labute approximate surface area is 118 Å². The van der Waals surface area contributed by atoms with Gasteiger partial charge in [-0.2, -0.15) is 0 Å². The lowest BCUT2D eigenvalue weighted by Crippen LogP contribution is -2.51. The van der Waals surface area contributed by atoms with Crippen molar-refractivity contribution in [3.8, 4) is 5.88 Å². The predicted octanol–water partition coefficient (Wildman–Crippen LogP) is 2.09. The number of nitrogens with one attached hydrogen (secondary N) is 2. The molecule has 1 aliphatic heterocycles. The van der Waals surface area contributed by atoms with E-state index in [9.17, 15) is 4.79 Å². The SMILES string of the molecule is COc1ncc(C)cc1NC(=O)NC1(C)CCOCC1. The summed E-state index contributed by atoms with van der Waals surface area (Å²) in [4.78, 5) is 16.2. The fourth-order valence-electron chi connectivity index (χ4n) is 2.18. The minimum absolute atomic E-state index is 0.229. The van der Waals surface area contributed by atoms with Crippen LogP contribution in [0.25, 0.3) is 0 Å². The third-order valence-corrected chi connectivity index (χ3v) is 3.44. The fraction of sp³-hybridized carbons (Fsp3) is 0.571. The van der Waals surface area contributed by atoms with Gasteiger partial charge in [-0.05, 0) is 38.3 Å². The molecule has 2 rings (SSSR count). The minimum atomic E-state index is -0.250. The lowest BCUT2D eigenvalue weighted by Gasteiger charge is -2.34. The van der Waals surface area contributed by atoms with E-state index in [1.54, 1.807) is 6.20 Å². The fourth-order valence-corrected chi connectivity index (χ4v) is 2.18. The van der Waals surface area contributed by atoms with Crippen molar-refractivity contribution in [3.05, 3.63) is 17.8 Å². The molecule has 1 saturated heterocycles. The second-order valence-electron chi connectivity index (χ2n) is 5.32. The smallest absolute Gasteiger partial charge is 0.319 e. The van der Waals surface area contributed by atoms with Gasteiger partial charge in [0, 0.05) is 24.9 Å². The number of anilines is 1. The van der Waals surface area contributed by atoms with E-state index in [0.29, 0.717) is 24.8 Å². The first-order valence-corrected chi connectivity index (χ1v) is 6.70. The maximum absolute atomic E-state index is 12.1. The summed E-state index contributed by atoms with van der Waals surface area (Å²) in [5.41, 5.74) is 1.30. The number of hydrogen-bond donors (Lipinski definition) is 2. The molecule has 0 bridgehead atoms. The summed E-state index contributed by atoms with van der Waals surface area (Å²) in [6, 6.07) is 1.58. The average Bonchev–Trinajstić information content (AvgIpc) is 2.39. The highest BCUT2D eigenvalue weighted by Crippen LogP contribution is 2.23. The molecule has 0 aromatic carbocycles. The Morgan fingerprint density at radius 3 is 2.80 bits per heavy atom. The number of carbonyl (C=O) groups is 1. The molecule has 110 valence electrons. The molecule has 1 aromatic rings. The predicted molar refractivity (Wildman–Crippen MR) is 76.1 cm³/mol. The molecule has 0 aliphatic carbocycles. The minimum Gasteiger partial charge on any atom is -0.480 e. The third kappa shape index (κ3) is 3.60. The highest BCUT2D eigenvalue weighted by atomic mass is 16.5. The van der Waals surface area contributed by atoms with Crippen LogP contribution in [0.15, 0.2) is 12.3 Å². The van der Waals surface area contributed by atoms with E-state index >= 15 is 0 Å². The number of rotatable bonds is 3. The molecule has 2 heterocycles. The highest BCUT2D eigenvalue weighted by Gasteiger charge is 2.29. The van der Waals surface area contributed by atoms with Gasteiger partial charge in [0.1, 0.15) is 5.69 Å². The normalized spacial score (nSPS) is 17.4. The third-order valence-electron chi connectivity index (χ3n) is 3.44. The van der Waals surface area contributed by atoms with Crippen LogP contribution in [0.4, 0.5) is 10.5 Å². The maximum atomic E-state index is 12.1. The van der Waals surface area contributed by atoms with Crippen LogP contribution in [0.3, 0.4) is 0 Å². The number of urea groups is 1. The van der Waals surface area contributed by atoms with Gasteiger partial charge < -0.3 is 20.1 Å². The number of methoxy groups -OCH3 is 1. The topological polar surface area (TPSA) is 72.5 Å². The molecule has 6 nitrogen and oxygen atoms in total. The van der Waals surface area contributed by atoms with E-state index in [0.717, 1.165) is 18.4 Å². The summed E-state index contributed by atoms with van der Waals surface area (Å²) in [5.74, 6) is 0.405. The number of aryl methyl sites for hydroxylation is 1. The van der Waals surface area contributed by atoms with E-state index < -0.39 is 0 Å². The molecule has 0 saturated carbocycles. The molecular formula is C14H21N3O3. The second-order valence-corrected chi connectivity index (χ2v) is 5.32. The first kappa shape index (κ1) is 14.6. The molecule has 1 aromatic heterocycles. The summed E-state index contributed by atoms with van der Waals surface area (Å²) in [6.45, 7) is 5.29. The Balaban J connectivity index is 2.02. The van der Waals surface area contributed by atoms with Gasteiger partial charge in [-0.3, -0.25) is 0 Å². The number of aromatic nitrogens is 1. The van der Waals surface area contributed by atoms with Crippen molar-refractivity contribution in [2.24, 2.45) is 0 Å². The van der Waals surface area contributed by atoms with Crippen LogP contribution in [0.1, 0.15) is 25.3 Å². The van der Waals surface area contributed by atoms with Gasteiger partial charge in [0.15, 0.2) is 0 Å². The molecule has 0 unspecified atom stereocenters. The summed E-state index contributed by atoms with van der Waals surface area (Å²) in [7, 11) is 1.53. The number of carbonyl (C=O) groups excluding carboxylic acids is 1. The van der Waals surface area contributed by atoms with Crippen molar-refractivity contribution in [2.75, 3.05) is 25.6 Å². The van der Waals surface area contributed by atoms with E-state index in [1.807, 2.05) is 19.9 Å². The van der Waals surface area contributed by atoms with Crippen LogP contribution < -0.4 is 15.4 Å². The zero-order valence-corrected chi connectivity index (χ0v) is 12.2. The maximum Gasteiger partial charge on any atom is 0.319 e. The number of nitrogens with zero attached hydrogens (tertiary/aromatic N) is 1. The van der Waals surface area contributed by atoms with Gasteiger partial charge in [0.05, 0.1) is 7.11 Å². The Hall–Kier alpha value is -1.82. The van der Waals surface area contributed by atoms with Crippen LogP contribution in [-0.4, -0.2) is 36.9 Å². The van der Waals surface area contributed by atoms with Gasteiger partial charge in [-0.1, -0.05) is 0 Å². The first-order chi connectivity index (χ1) is 9.52. The van der Waals surface area contributed by atoms with Crippen LogP contribution in [0.2, 0.25) is 0 Å². The van der Waals surface area contributed by atoms with Crippen LogP contribution in [0.5, 0.6) is 5.88 Å². The molecule has 2 N–H and O–H groups in total. The van der Waals surface area contributed by atoms with Gasteiger partial charge in [0.2, 0.25) is 5.88 Å². The number of ether oxygens (including phenoxy) is 2. The molecule has 1 fully saturated rings. The lowest BCUT2D eigenvalue weighted by molar-refractivity contribution is 0.0499. The van der Waals surface area contributed by atoms with Crippen LogP contribution >= 0.6 is 0 Å². The van der Waals surface area contributed by atoms with E-state index in [4.69, 9.17) is 9.47 Å². The first-order valence-electron chi connectivity index (χ1n) is 6.70. The number of hydrogen-bond acceptors (Lipinski definition) is 4.